The van der Waals surface area contributed by atoms with E-state index in [1.807, 2.05) is 38.2 Å². The minimum Gasteiger partial charge on any atom is -0.377 e. The third-order valence-corrected chi connectivity index (χ3v) is 5.27. The van der Waals surface area contributed by atoms with Crippen molar-refractivity contribution in [1.82, 2.24) is 31.3 Å². The van der Waals surface area contributed by atoms with Gasteiger partial charge in [0.2, 0.25) is 5.82 Å². The average molecular weight is 430 g/mol. The van der Waals surface area contributed by atoms with Crippen LogP contribution in [0.25, 0.3) is 21.5 Å². The van der Waals surface area contributed by atoms with Crippen LogP contribution in [0.15, 0.2) is 43.0 Å². The van der Waals surface area contributed by atoms with Crippen molar-refractivity contribution < 1.29 is 13.2 Å². The van der Waals surface area contributed by atoms with Crippen LogP contribution in [0.2, 0.25) is 0 Å². The minimum absolute atomic E-state index is 0. The van der Waals surface area contributed by atoms with Gasteiger partial charge < -0.3 is 5.32 Å². The fourth-order valence-electron chi connectivity index (χ4n) is 2.82. The lowest BCUT2D eigenvalue weighted by molar-refractivity contribution is -0.145. The van der Waals surface area contributed by atoms with Gasteiger partial charge in [-0.1, -0.05) is 0 Å². The molecule has 0 unspecified atom stereocenters. The van der Waals surface area contributed by atoms with Crippen molar-refractivity contribution in [2.24, 2.45) is 0 Å². The molecule has 3 radical (unpaired) electrons. The topological polar surface area (TPSA) is 107 Å². The number of thiazole rings is 1. The first-order chi connectivity index (χ1) is 13.8. The summed E-state index contributed by atoms with van der Waals surface area (Å²) >= 11 is 1.59. The second-order valence-electron chi connectivity index (χ2n) is 6.47. The van der Waals surface area contributed by atoms with E-state index in [-0.39, 0.29) is 12.2 Å². The van der Waals surface area contributed by atoms with Crippen molar-refractivity contribution in [3.05, 3.63) is 59.3 Å². The number of benzene rings is 1. The number of nitrogens with one attached hydrogen (secondary N) is 1. The Kier molecular flexibility index (Phi) is 5.94. The highest BCUT2D eigenvalue weighted by atomic mass is 32.1. The zero-order valence-corrected chi connectivity index (χ0v) is 16.7. The van der Waals surface area contributed by atoms with E-state index in [2.05, 4.69) is 30.5 Å². The fourth-order valence-corrected chi connectivity index (χ4v) is 3.58. The van der Waals surface area contributed by atoms with Crippen molar-refractivity contribution in [1.29, 1.82) is 0 Å². The smallest absolute Gasteiger partial charge is 0.377 e. The molecular weight excluding hydrogens is 415 g/mol. The van der Waals surface area contributed by atoms with Crippen molar-refractivity contribution in [2.45, 2.75) is 26.1 Å². The number of rotatable bonds is 4. The number of hydrogen-bond acceptors (Lipinski definition) is 7. The van der Waals surface area contributed by atoms with Crippen LogP contribution in [0.4, 0.5) is 18.9 Å². The second kappa shape index (κ2) is 8.28. The number of hydrogen-bond donors (Lipinski definition) is 1. The van der Waals surface area contributed by atoms with Crippen LogP contribution in [0.1, 0.15) is 29.2 Å². The maximum atomic E-state index is 12.7. The molecule has 0 spiro atoms. The number of fused-ring (bicyclic) bond motifs is 1. The van der Waals surface area contributed by atoms with Crippen LogP contribution in [0.3, 0.4) is 0 Å². The van der Waals surface area contributed by atoms with E-state index in [9.17, 15) is 13.2 Å². The quantitative estimate of drug-likeness (QED) is 0.508. The van der Waals surface area contributed by atoms with E-state index in [1.165, 1.54) is 12.4 Å². The van der Waals surface area contributed by atoms with Gasteiger partial charge in [0, 0.05) is 46.1 Å². The fraction of sp³-hybridized carbons (Fsp3) is 0.211. The lowest BCUT2D eigenvalue weighted by Crippen LogP contribution is -2.13. The van der Waals surface area contributed by atoms with Crippen molar-refractivity contribution in [3.8, 4) is 10.6 Å². The van der Waals surface area contributed by atoms with Crippen molar-refractivity contribution in [3.63, 3.8) is 0 Å². The molecule has 3 aromatic heterocycles. The molecule has 0 aliphatic heterocycles. The van der Waals surface area contributed by atoms with Gasteiger partial charge in [-0.25, -0.2) is 15.0 Å². The predicted molar refractivity (Wildman–Crippen MR) is 107 cm³/mol. The van der Waals surface area contributed by atoms with Crippen LogP contribution in [0, 0.1) is 6.92 Å². The maximum absolute atomic E-state index is 12.7. The van der Waals surface area contributed by atoms with Gasteiger partial charge in [0.15, 0.2) is 0 Å². The zero-order valence-electron chi connectivity index (χ0n) is 15.8. The van der Waals surface area contributed by atoms with Gasteiger partial charge in [-0.3, -0.25) is 0 Å². The van der Waals surface area contributed by atoms with Gasteiger partial charge in [0.25, 0.3) is 0 Å². The Balaban J connectivity index is 0.00000256. The summed E-state index contributed by atoms with van der Waals surface area (Å²) in [6, 6.07) is 5.44. The Hall–Kier alpha value is -3.18. The summed E-state index contributed by atoms with van der Waals surface area (Å²) in [6.45, 7) is 3.81. The summed E-state index contributed by atoms with van der Waals surface area (Å²) in [4.78, 5) is 12.4. The first kappa shape index (κ1) is 21.5. The standard InChI is InChI=1S/C19H15F3N6S.N/c1-10-6-23-17(29-10)12-3-4-15-14(5-12)16(9-26-28-15)27-11(2)13-7-24-18(25-8-13)19(20,21)22;/h3-9,11H,1-2H3,(H,27,28);/t11-;/m1./s1. The molecule has 1 atom stereocenters. The molecule has 7 nitrogen and oxygen atoms in total. The lowest BCUT2D eigenvalue weighted by Gasteiger charge is -2.17. The molecular formula is C19H15F3N7S. The predicted octanol–water partition coefficient (Wildman–Crippen LogP) is 4.56. The molecule has 0 saturated carbocycles. The summed E-state index contributed by atoms with van der Waals surface area (Å²) < 4.78 is 38.0. The Morgan fingerprint density at radius 2 is 1.77 bits per heavy atom. The third kappa shape index (κ3) is 4.36. The molecule has 4 rings (SSSR count). The molecule has 0 aliphatic rings. The molecule has 11 heteroatoms. The minimum atomic E-state index is -4.56. The van der Waals surface area contributed by atoms with Crippen LogP contribution < -0.4 is 11.5 Å². The molecule has 30 heavy (non-hydrogen) atoms. The number of nitrogens with zero attached hydrogens (tertiary/aromatic N) is 6. The van der Waals surface area contributed by atoms with Gasteiger partial charge >= 0.3 is 6.18 Å². The summed E-state index contributed by atoms with van der Waals surface area (Å²) in [5.41, 5.74) is 2.88. The Morgan fingerprint density at radius 1 is 1.03 bits per heavy atom. The number of anilines is 1. The number of aromatic nitrogens is 5. The van der Waals surface area contributed by atoms with E-state index >= 15 is 0 Å². The molecule has 0 saturated heterocycles. The van der Waals surface area contributed by atoms with E-state index in [0.29, 0.717) is 16.8 Å². The first-order valence-electron chi connectivity index (χ1n) is 8.65. The van der Waals surface area contributed by atoms with E-state index in [1.54, 1.807) is 17.5 Å². The Labute approximate surface area is 174 Å². The molecule has 0 aliphatic carbocycles. The van der Waals surface area contributed by atoms with E-state index in [4.69, 9.17) is 0 Å². The number of halogens is 3. The highest BCUT2D eigenvalue weighted by Gasteiger charge is 2.34. The van der Waals surface area contributed by atoms with Crippen molar-refractivity contribution in [2.75, 3.05) is 5.32 Å². The van der Waals surface area contributed by atoms with Crippen LogP contribution in [-0.4, -0.2) is 25.1 Å². The molecule has 0 fully saturated rings. The molecule has 1 aromatic carbocycles. The maximum Gasteiger partial charge on any atom is 0.451 e. The average Bonchev–Trinajstić information content (AvgIpc) is 3.14. The number of aryl methyl sites for hydroxylation is 1. The second-order valence-corrected chi connectivity index (χ2v) is 7.70. The van der Waals surface area contributed by atoms with Crippen LogP contribution >= 0.6 is 11.3 Å². The molecule has 0 amide bonds. The van der Waals surface area contributed by atoms with Crippen molar-refractivity contribution >= 4 is 27.9 Å². The van der Waals surface area contributed by atoms with Gasteiger partial charge in [0.05, 0.1) is 23.4 Å². The SMILES string of the molecule is Cc1cnc(-c2ccc3nncc(N[C@H](C)c4cnc(C(F)(F)F)nc4)c3c2)s1.[N]. The summed E-state index contributed by atoms with van der Waals surface area (Å²) in [5.74, 6) is -1.16. The molecule has 0 bridgehead atoms. The largest absolute Gasteiger partial charge is 0.451 e. The van der Waals surface area contributed by atoms with E-state index in [0.717, 1.165) is 20.8 Å². The summed E-state index contributed by atoms with van der Waals surface area (Å²) in [7, 11) is 0. The molecule has 3 heterocycles. The van der Waals surface area contributed by atoms with Crippen LogP contribution in [-0.2, 0) is 6.18 Å². The zero-order chi connectivity index (χ0) is 20.6. The van der Waals surface area contributed by atoms with E-state index < -0.39 is 12.0 Å². The normalized spacial score (nSPS) is 12.4. The van der Waals surface area contributed by atoms with Gasteiger partial charge in [-0.05, 0) is 32.0 Å². The van der Waals surface area contributed by atoms with Crippen LogP contribution in [0.5, 0.6) is 0 Å². The number of alkyl halides is 3. The lowest BCUT2D eigenvalue weighted by atomic mass is 10.1. The molecule has 153 valence electrons. The Bertz CT molecular complexity index is 1160. The highest BCUT2D eigenvalue weighted by molar-refractivity contribution is 7.14. The first-order valence-corrected chi connectivity index (χ1v) is 9.47. The van der Waals surface area contributed by atoms with Gasteiger partial charge in [-0.2, -0.15) is 23.4 Å². The Morgan fingerprint density at radius 3 is 2.40 bits per heavy atom. The summed E-state index contributed by atoms with van der Waals surface area (Å²) in [6.07, 6.45) is 1.19. The highest BCUT2D eigenvalue weighted by Crippen LogP contribution is 2.31. The molecule has 1 N–H and O–H groups in total. The van der Waals surface area contributed by atoms with Gasteiger partial charge in [-0.15, -0.1) is 11.3 Å². The monoisotopic (exact) mass is 430 g/mol. The summed E-state index contributed by atoms with van der Waals surface area (Å²) in [5, 5.41) is 13.2. The van der Waals surface area contributed by atoms with Gasteiger partial charge in [0.1, 0.15) is 5.01 Å². The molecule has 4 aromatic rings. The third-order valence-electron chi connectivity index (χ3n) is 4.30.